The first-order chi connectivity index (χ1) is 25.8. The SMILES string of the molecule is c1ccc(-c2nc(-c3ccccc3)nc(-c3ccc4c5c(cccc35)-c3c(cccc3-n3c5ccccc5c5cc6ccccc6cc53)O4)n2)cc1. The molecule has 0 N–H and O–H groups in total. The third kappa shape index (κ3) is 4.33. The van der Waals surface area contributed by atoms with Crippen molar-refractivity contribution in [3.63, 3.8) is 0 Å². The van der Waals surface area contributed by atoms with Crippen molar-refractivity contribution in [3.8, 4) is 62.5 Å². The monoisotopic (exact) mass is 664 g/mol. The summed E-state index contributed by atoms with van der Waals surface area (Å²) >= 11 is 0. The second kappa shape index (κ2) is 11.2. The fourth-order valence-electron chi connectivity index (χ4n) is 7.89. The number of para-hydroxylation sites is 1. The molecule has 0 bridgehead atoms. The van der Waals surface area contributed by atoms with Crippen LogP contribution in [0.1, 0.15) is 0 Å². The topological polar surface area (TPSA) is 52.8 Å². The first kappa shape index (κ1) is 28.7. The van der Waals surface area contributed by atoms with Gasteiger partial charge in [0.2, 0.25) is 0 Å². The Morgan fingerprint density at radius 2 is 1.04 bits per heavy atom. The summed E-state index contributed by atoms with van der Waals surface area (Å²) in [5.41, 5.74) is 8.34. The Bertz CT molecular complexity index is 2980. The summed E-state index contributed by atoms with van der Waals surface area (Å²) in [5.74, 6) is 3.52. The second-order valence-electron chi connectivity index (χ2n) is 13.2. The number of benzene rings is 8. The van der Waals surface area contributed by atoms with Crippen molar-refractivity contribution < 1.29 is 4.74 Å². The molecule has 2 aromatic heterocycles. The normalized spacial score (nSPS) is 12.0. The van der Waals surface area contributed by atoms with Crippen molar-refractivity contribution in [1.82, 2.24) is 19.5 Å². The summed E-state index contributed by atoms with van der Waals surface area (Å²) in [5, 5.41) is 6.94. The molecule has 11 rings (SSSR count). The zero-order valence-corrected chi connectivity index (χ0v) is 27.9. The lowest BCUT2D eigenvalue weighted by Gasteiger charge is -2.25. The van der Waals surface area contributed by atoms with E-state index >= 15 is 0 Å². The molecule has 0 saturated carbocycles. The Hall–Kier alpha value is -7.11. The van der Waals surface area contributed by atoms with Crippen LogP contribution < -0.4 is 4.74 Å². The van der Waals surface area contributed by atoms with Crippen molar-refractivity contribution in [2.75, 3.05) is 0 Å². The number of rotatable bonds is 4. The van der Waals surface area contributed by atoms with Crippen LogP contribution in [0.15, 0.2) is 170 Å². The zero-order valence-electron chi connectivity index (χ0n) is 27.9. The minimum Gasteiger partial charge on any atom is -0.456 e. The lowest BCUT2D eigenvalue weighted by atomic mass is 9.91. The van der Waals surface area contributed by atoms with E-state index in [1.807, 2.05) is 60.7 Å². The van der Waals surface area contributed by atoms with Crippen molar-refractivity contribution in [3.05, 3.63) is 170 Å². The van der Waals surface area contributed by atoms with Gasteiger partial charge in [-0.05, 0) is 64.2 Å². The molecule has 0 atom stereocenters. The fourth-order valence-corrected chi connectivity index (χ4v) is 7.89. The third-order valence-electron chi connectivity index (χ3n) is 10.2. The summed E-state index contributed by atoms with van der Waals surface area (Å²) < 4.78 is 9.19. The number of nitrogens with zero attached hydrogens (tertiary/aromatic N) is 4. The molecule has 5 heteroatoms. The number of aromatic nitrogens is 4. The van der Waals surface area contributed by atoms with E-state index in [1.54, 1.807) is 0 Å². The number of hydrogen-bond donors (Lipinski definition) is 0. The largest absolute Gasteiger partial charge is 0.456 e. The maximum atomic E-state index is 6.79. The molecule has 8 aromatic carbocycles. The molecule has 242 valence electrons. The van der Waals surface area contributed by atoms with Crippen LogP contribution in [-0.2, 0) is 0 Å². The van der Waals surface area contributed by atoms with E-state index in [0.717, 1.165) is 66.8 Å². The Morgan fingerprint density at radius 3 is 1.81 bits per heavy atom. The van der Waals surface area contributed by atoms with E-state index in [-0.39, 0.29) is 0 Å². The van der Waals surface area contributed by atoms with Crippen LogP contribution in [0.4, 0.5) is 0 Å². The highest BCUT2D eigenvalue weighted by molar-refractivity contribution is 6.15. The third-order valence-corrected chi connectivity index (χ3v) is 10.2. The Kier molecular flexibility index (Phi) is 6.18. The van der Waals surface area contributed by atoms with Gasteiger partial charge in [0, 0.05) is 38.4 Å². The highest BCUT2D eigenvalue weighted by Gasteiger charge is 2.27. The van der Waals surface area contributed by atoms with Crippen molar-refractivity contribution in [2.45, 2.75) is 0 Å². The number of fused-ring (bicyclic) bond motifs is 6. The minimum atomic E-state index is 0.616. The molecule has 0 aliphatic carbocycles. The van der Waals surface area contributed by atoms with Gasteiger partial charge < -0.3 is 9.30 Å². The lowest BCUT2D eigenvalue weighted by molar-refractivity contribution is 0.487. The van der Waals surface area contributed by atoms with E-state index in [4.69, 9.17) is 19.7 Å². The standard InChI is InChI=1S/C47H28N4O/c1-3-13-29(14-4-1)45-48-46(30-15-5-2-6-16-30)50-47(49-45)35-25-26-42-43-34(35)20-11-21-36(43)44-39(23-12-24-41(44)52-42)51-38-22-10-9-19-33(38)37-27-31-17-7-8-18-32(31)28-40(37)51/h1-28H. The molecule has 1 aliphatic heterocycles. The number of hydrogen-bond acceptors (Lipinski definition) is 4. The zero-order chi connectivity index (χ0) is 34.2. The predicted octanol–water partition coefficient (Wildman–Crippen LogP) is 12.0. The van der Waals surface area contributed by atoms with Gasteiger partial charge in [-0.25, -0.2) is 15.0 Å². The predicted molar refractivity (Wildman–Crippen MR) is 211 cm³/mol. The Morgan fingerprint density at radius 1 is 0.404 bits per heavy atom. The van der Waals surface area contributed by atoms with E-state index in [2.05, 4.69) is 114 Å². The molecule has 0 radical (unpaired) electrons. The molecule has 0 saturated heterocycles. The van der Waals surface area contributed by atoms with Crippen LogP contribution in [0, 0.1) is 0 Å². The summed E-state index contributed by atoms with van der Waals surface area (Å²) in [6.07, 6.45) is 0. The smallest absolute Gasteiger partial charge is 0.164 e. The second-order valence-corrected chi connectivity index (χ2v) is 13.2. The van der Waals surface area contributed by atoms with Crippen LogP contribution in [0.5, 0.6) is 11.5 Å². The molecule has 0 unspecified atom stereocenters. The molecule has 0 spiro atoms. The van der Waals surface area contributed by atoms with E-state index in [1.165, 1.54) is 21.5 Å². The van der Waals surface area contributed by atoms with Crippen LogP contribution in [0.25, 0.3) is 94.3 Å². The quantitative estimate of drug-likeness (QED) is 0.188. The summed E-state index contributed by atoms with van der Waals surface area (Å²) in [4.78, 5) is 15.1. The van der Waals surface area contributed by atoms with Crippen LogP contribution in [0.3, 0.4) is 0 Å². The number of ether oxygens (including phenoxy) is 1. The van der Waals surface area contributed by atoms with Gasteiger partial charge in [-0.1, -0.05) is 127 Å². The van der Waals surface area contributed by atoms with Gasteiger partial charge in [0.15, 0.2) is 17.5 Å². The fraction of sp³-hybridized carbons (Fsp3) is 0. The first-order valence-corrected chi connectivity index (χ1v) is 17.5. The first-order valence-electron chi connectivity index (χ1n) is 17.5. The van der Waals surface area contributed by atoms with Crippen molar-refractivity contribution in [2.24, 2.45) is 0 Å². The van der Waals surface area contributed by atoms with E-state index in [0.29, 0.717) is 17.5 Å². The highest BCUT2D eigenvalue weighted by Crippen LogP contribution is 2.51. The van der Waals surface area contributed by atoms with Gasteiger partial charge in [0.1, 0.15) is 11.5 Å². The summed E-state index contributed by atoms with van der Waals surface area (Å²) in [6.45, 7) is 0. The average molecular weight is 665 g/mol. The molecule has 1 aliphatic rings. The van der Waals surface area contributed by atoms with E-state index < -0.39 is 0 Å². The highest BCUT2D eigenvalue weighted by atomic mass is 16.5. The van der Waals surface area contributed by atoms with E-state index in [9.17, 15) is 0 Å². The molecule has 10 aromatic rings. The summed E-state index contributed by atoms with van der Waals surface area (Å²) in [7, 11) is 0. The Balaban J connectivity index is 1.17. The molecule has 3 heterocycles. The Labute approximate surface area is 299 Å². The van der Waals surface area contributed by atoms with Crippen LogP contribution in [-0.4, -0.2) is 19.5 Å². The molecular weight excluding hydrogens is 637 g/mol. The molecule has 52 heavy (non-hydrogen) atoms. The van der Waals surface area contributed by atoms with Crippen LogP contribution in [0.2, 0.25) is 0 Å². The van der Waals surface area contributed by atoms with Gasteiger partial charge in [0.25, 0.3) is 0 Å². The minimum absolute atomic E-state index is 0.616. The van der Waals surface area contributed by atoms with Gasteiger partial charge in [-0.15, -0.1) is 0 Å². The van der Waals surface area contributed by atoms with Crippen molar-refractivity contribution >= 4 is 43.4 Å². The molecule has 5 nitrogen and oxygen atoms in total. The maximum Gasteiger partial charge on any atom is 0.164 e. The average Bonchev–Trinajstić information content (AvgIpc) is 3.53. The van der Waals surface area contributed by atoms with Gasteiger partial charge >= 0.3 is 0 Å². The van der Waals surface area contributed by atoms with Gasteiger partial charge in [-0.3, -0.25) is 0 Å². The molecule has 0 fully saturated rings. The maximum absolute atomic E-state index is 6.79. The van der Waals surface area contributed by atoms with Gasteiger partial charge in [0.05, 0.1) is 16.7 Å². The van der Waals surface area contributed by atoms with Crippen LogP contribution >= 0.6 is 0 Å². The van der Waals surface area contributed by atoms with Gasteiger partial charge in [-0.2, -0.15) is 0 Å². The molecule has 0 amide bonds. The molecular formula is C47H28N4O. The summed E-state index contributed by atoms with van der Waals surface area (Å²) in [6, 6.07) is 59.1. The lowest BCUT2D eigenvalue weighted by Crippen LogP contribution is -2.04. The van der Waals surface area contributed by atoms with Crippen molar-refractivity contribution in [1.29, 1.82) is 0 Å².